The monoisotopic (exact) mass is 399 g/mol. The summed E-state index contributed by atoms with van der Waals surface area (Å²) in [5, 5.41) is 13.7. The normalized spacial score (nSPS) is 20.9. The summed E-state index contributed by atoms with van der Waals surface area (Å²) in [5.74, 6) is 2.06. The van der Waals surface area contributed by atoms with Gasteiger partial charge in [0.05, 0.1) is 5.75 Å². The van der Waals surface area contributed by atoms with Crippen LogP contribution in [-0.4, -0.2) is 27.9 Å². The zero-order chi connectivity index (χ0) is 16.8. The molecule has 2 aromatic heterocycles. The molecule has 0 radical (unpaired) electrons. The molecule has 1 fully saturated rings. The number of thioether (sulfide) groups is 2. The number of carbonyl (C=O) groups is 1. The molecule has 4 nitrogen and oxygen atoms in total. The third kappa shape index (κ3) is 5.47. The van der Waals surface area contributed by atoms with Gasteiger partial charge in [0.15, 0.2) is 8.68 Å². The number of hydrogen-bond donors (Lipinski definition) is 1. The lowest BCUT2D eigenvalue weighted by Gasteiger charge is -2.29. The predicted molar refractivity (Wildman–Crippen MR) is 104 cm³/mol. The minimum Gasteiger partial charge on any atom is -0.352 e. The fraction of sp³-hybridized carbons (Fsp3) is 0.562. The molecule has 1 saturated carbocycles. The molecule has 0 spiro atoms. The van der Waals surface area contributed by atoms with E-state index < -0.39 is 0 Å². The summed E-state index contributed by atoms with van der Waals surface area (Å²) in [5.41, 5.74) is 0. The SMILES string of the molecule is C[C@H]1CCCC[C@@H]1NC(=O)CSc1nnc(SCc2cccs2)s1. The summed E-state index contributed by atoms with van der Waals surface area (Å²) in [6.45, 7) is 2.24. The minimum atomic E-state index is 0.113. The zero-order valence-corrected chi connectivity index (χ0v) is 16.8. The number of hydrogen-bond acceptors (Lipinski definition) is 7. The van der Waals surface area contributed by atoms with E-state index in [1.54, 1.807) is 34.4 Å². The quantitative estimate of drug-likeness (QED) is 0.685. The first-order valence-corrected chi connectivity index (χ1v) is 11.8. The molecular formula is C16H21N3OS4. The number of thiophene rings is 1. The Hall–Kier alpha value is -0.570. The van der Waals surface area contributed by atoms with Gasteiger partial charge in [-0.3, -0.25) is 4.79 Å². The molecule has 1 aliphatic rings. The topological polar surface area (TPSA) is 54.9 Å². The van der Waals surface area contributed by atoms with E-state index in [-0.39, 0.29) is 5.91 Å². The molecule has 3 rings (SSSR count). The van der Waals surface area contributed by atoms with Gasteiger partial charge in [0, 0.05) is 16.7 Å². The Morgan fingerprint density at radius 1 is 1.29 bits per heavy atom. The Morgan fingerprint density at radius 3 is 2.83 bits per heavy atom. The lowest BCUT2D eigenvalue weighted by Crippen LogP contribution is -2.41. The highest BCUT2D eigenvalue weighted by Crippen LogP contribution is 2.31. The van der Waals surface area contributed by atoms with Crippen molar-refractivity contribution >= 4 is 52.1 Å². The summed E-state index contributed by atoms with van der Waals surface area (Å²) in [6.07, 6.45) is 4.85. The third-order valence-corrected chi connectivity index (χ3v) is 8.39. The van der Waals surface area contributed by atoms with Crippen LogP contribution in [0.2, 0.25) is 0 Å². The van der Waals surface area contributed by atoms with Crippen LogP contribution < -0.4 is 5.32 Å². The van der Waals surface area contributed by atoms with E-state index >= 15 is 0 Å². The van der Waals surface area contributed by atoms with E-state index in [0.29, 0.717) is 17.7 Å². The van der Waals surface area contributed by atoms with Crippen LogP contribution in [0.1, 0.15) is 37.5 Å². The van der Waals surface area contributed by atoms with E-state index in [0.717, 1.165) is 20.9 Å². The molecule has 1 N–H and O–H groups in total. The molecule has 0 unspecified atom stereocenters. The average Bonchev–Trinajstić information content (AvgIpc) is 3.25. The van der Waals surface area contributed by atoms with Crippen molar-refractivity contribution in [2.24, 2.45) is 5.92 Å². The molecule has 2 atom stereocenters. The van der Waals surface area contributed by atoms with Gasteiger partial charge in [-0.05, 0) is 30.2 Å². The maximum absolute atomic E-state index is 12.1. The smallest absolute Gasteiger partial charge is 0.230 e. The lowest BCUT2D eigenvalue weighted by molar-refractivity contribution is -0.119. The van der Waals surface area contributed by atoms with Crippen LogP contribution in [0.5, 0.6) is 0 Å². The maximum atomic E-state index is 12.1. The minimum absolute atomic E-state index is 0.113. The molecule has 0 bridgehead atoms. The predicted octanol–water partition coefficient (Wildman–Crippen LogP) is 4.68. The Kier molecular flexibility index (Phi) is 7.00. The number of amides is 1. The second kappa shape index (κ2) is 9.22. The van der Waals surface area contributed by atoms with Crippen LogP contribution in [0.4, 0.5) is 0 Å². The summed E-state index contributed by atoms with van der Waals surface area (Å²) < 4.78 is 1.84. The van der Waals surface area contributed by atoms with Crippen LogP contribution in [-0.2, 0) is 10.5 Å². The standard InChI is InChI=1S/C16H21N3OS4/c1-11-5-2-3-7-13(11)17-14(20)10-23-16-19-18-15(24-16)22-9-12-6-4-8-21-12/h4,6,8,11,13H,2-3,5,7,9-10H2,1H3,(H,17,20)/t11-,13-/m0/s1. The van der Waals surface area contributed by atoms with Gasteiger partial charge in [-0.15, -0.1) is 21.5 Å². The van der Waals surface area contributed by atoms with Gasteiger partial charge in [-0.25, -0.2) is 0 Å². The molecule has 8 heteroatoms. The summed E-state index contributed by atoms with van der Waals surface area (Å²) in [4.78, 5) is 13.5. The Balaban J connectivity index is 1.40. The van der Waals surface area contributed by atoms with Gasteiger partial charge in [0.2, 0.25) is 5.91 Å². The van der Waals surface area contributed by atoms with Crippen molar-refractivity contribution < 1.29 is 4.79 Å². The molecule has 0 saturated heterocycles. The van der Waals surface area contributed by atoms with Crippen LogP contribution in [0, 0.1) is 5.92 Å². The van der Waals surface area contributed by atoms with Crippen molar-refractivity contribution in [2.75, 3.05) is 5.75 Å². The lowest BCUT2D eigenvalue weighted by atomic mass is 9.86. The summed E-state index contributed by atoms with van der Waals surface area (Å²) in [6, 6.07) is 4.54. The van der Waals surface area contributed by atoms with Crippen molar-refractivity contribution in [3.63, 3.8) is 0 Å². The van der Waals surface area contributed by atoms with Crippen molar-refractivity contribution in [3.8, 4) is 0 Å². The summed E-state index contributed by atoms with van der Waals surface area (Å²) >= 11 is 6.52. The Labute approximate surface area is 159 Å². The van der Waals surface area contributed by atoms with Crippen molar-refractivity contribution in [1.82, 2.24) is 15.5 Å². The largest absolute Gasteiger partial charge is 0.352 e. The van der Waals surface area contributed by atoms with Crippen molar-refractivity contribution in [2.45, 2.75) is 53.1 Å². The zero-order valence-electron chi connectivity index (χ0n) is 13.6. The number of carbonyl (C=O) groups excluding carboxylic acids is 1. The first-order chi connectivity index (χ1) is 11.7. The van der Waals surface area contributed by atoms with Crippen LogP contribution in [0.3, 0.4) is 0 Å². The van der Waals surface area contributed by atoms with E-state index in [9.17, 15) is 4.79 Å². The van der Waals surface area contributed by atoms with E-state index in [4.69, 9.17) is 0 Å². The second-order valence-electron chi connectivity index (χ2n) is 5.93. The van der Waals surface area contributed by atoms with E-state index in [1.165, 1.54) is 35.9 Å². The molecule has 0 aliphatic heterocycles. The van der Waals surface area contributed by atoms with Crippen molar-refractivity contribution in [1.29, 1.82) is 0 Å². The van der Waals surface area contributed by atoms with Gasteiger partial charge in [-0.2, -0.15) is 0 Å². The van der Waals surface area contributed by atoms with Crippen LogP contribution in [0.25, 0.3) is 0 Å². The summed E-state index contributed by atoms with van der Waals surface area (Å²) in [7, 11) is 0. The highest BCUT2D eigenvalue weighted by Gasteiger charge is 2.22. The third-order valence-electron chi connectivity index (χ3n) is 4.09. The fourth-order valence-corrected chi connectivity index (χ4v) is 6.35. The first kappa shape index (κ1) is 18.2. The molecule has 130 valence electrons. The average molecular weight is 400 g/mol. The van der Waals surface area contributed by atoms with Gasteiger partial charge >= 0.3 is 0 Å². The first-order valence-electron chi connectivity index (χ1n) is 8.11. The van der Waals surface area contributed by atoms with Gasteiger partial charge < -0.3 is 5.32 Å². The Bertz CT molecular complexity index is 644. The molecule has 0 aromatic carbocycles. The molecule has 2 aromatic rings. The number of aromatic nitrogens is 2. The molecule has 1 amide bonds. The maximum Gasteiger partial charge on any atom is 0.230 e. The number of nitrogens with zero attached hydrogens (tertiary/aromatic N) is 2. The molecule has 1 aliphatic carbocycles. The van der Waals surface area contributed by atoms with E-state index in [2.05, 4.69) is 40.0 Å². The van der Waals surface area contributed by atoms with E-state index in [1.807, 2.05) is 0 Å². The number of rotatable bonds is 7. The molecule has 2 heterocycles. The molecular weight excluding hydrogens is 378 g/mol. The van der Waals surface area contributed by atoms with Crippen molar-refractivity contribution in [3.05, 3.63) is 22.4 Å². The fourth-order valence-electron chi connectivity index (χ4n) is 2.75. The van der Waals surface area contributed by atoms with Gasteiger partial charge in [-0.1, -0.05) is 60.7 Å². The van der Waals surface area contributed by atoms with Gasteiger partial charge in [0.25, 0.3) is 0 Å². The van der Waals surface area contributed by atoms with Crippen LogP contribution >= 0.6 is 46.2 Å². The highest BCUT2D eigenvalue weighted by molar-refractivity contribution is 8.03. The number of nitrogens with one attached hydrogen (secondary N) is 1. The Morgan fingerprint density at radius 2 is 2.08 bits per heavy atom. The molecule has 24 heavy (non-hydrogen) atoms. The van der Waals surface area contributed by atoms with Gasteiger partial charge in [0.1, 0.15) is 0 Å². The highest BCUT2D eigenvalue weighted by atomic mass is 32.2. The van der Waals surface area contributed by atoms with Crippen LogP contribution in [0.15, 0.2) is 26.2 Å². The second-order valence-corrected chi connectivity index (χ2v) is 10.4.